The predicted octanol–water partition coefficient (Wildman–Crippen LogP) is 1.66. The Morgan fingerprint density at radius 3 is 2.71 bits per heavy atom. The van der Waals surface area contributed by atoms with E-state index in [0.29, 0.717) is 0 Å². The minimum atomic E-state index is 0.260. The first-order valence-corrected chi connectivity index (χ1v) is 5.10. The van der Waals surface area contributed by atoms with Gasteiger partial charge in [-0.3, -0.25) is 0 Å². The number of thiocarbonyl (C=S) groups is 1. The van der Waals surface area contributed by atoms with Crippen LogP contribution in [0.2, 0.25) is 0 Å². The summed E-state index contributed by atoms with van der Waals surface area (Å²) in [5.41, 5.74) is 9.10. The molecule has 0 spiro atoms. The van der Waals surface area contributed by atoms with Crippen LogP contribution in [0.1, 0.15) is 5.56 Å². The number of benzene rings is 1. The average molecular weight is 224 g/mol. The van der Waals surface area contributed by atoms with Gasteiger partial charge in [-0.15, -0.1) is 0 Å². The van der Waals surface area contributed by atoms with Crippen molar-refractivity contribution in [1.82, 2.24) is 8.75 Å². The van der Waals surface area contributed by atoms with Crippen LogP contribution in [0.15, 0.2) is 12.1 Å². The van der Waals surface area contributed by atoms with Crippen LogP contribution < -0.4 is 11.1 Å². The lowest BCUT2D eigenvalue weighted by Gasteiger charge is -2.06. The summed E-state index contributed by atoms with van der Waals surface area (Å²) in [6.45, 7) is 1.97. The number of anilines is 1. The van der Waals surface area contributed by atoms with E-state index in [9.17, 15) is 0 Å². The zero-order valence-electron chi connectivity index (χ0n) is 7.44. The summed E-state index contributed by atoms with van der Waals surface area (Å²) in [6, 6.07) is 3.85. The molecule has 0 aliphatic rings. The number of hydrogen-bond acceptors (Lipinski definition) is 4. The van der Waals surface area contributed by atoms with Crippen molar-refractivity contribution in [3.8, 4) is 0 Å². The van der Waals surface area contributed by atoms with E-state index < -0.39 is 0 Å². The fourth-order valence-corrected chi connectivity index (χ4v) is 1.82. The number of nitrogens with one attached hydrogen (secondary N) is 1. The van der Waals surface area contributed by atoms with Crippen molar-refractivity contribution in [1.29, 1.82) is 0 Å². The van der Waals surface area contributed by atoms with E-state index >= 15 is 0 Å². The Bertz CT molecular complexity index is 491. The van der Waals surface area contributed by atoms with Crippen molar-refractivity contribution >= 4 is 45.8 Å². The lowest BCUT2D eigenvalue weighted by molar-refractivity contribution is 1.46. The molecule has 14 heavy (non-hydrogen) atoms. The van der Waals surface area contributed by atoms with Gasteiger partial charge >= 0.3 is 0 Å². The molecule has 0 atom stereocenters. The van der Waals surface area contributed by atoms with Gasteiger partial charge in [0.2, 0.25) is 0 Å². The van der Waals surface area contributed by atoms with Crippen molar-refractivity contribution in [3.63, 3.8) is 0 Å². The molecule has 0 unspecified atom stereocenters. The van der Waals surface area contributed by atoms with Crippen LogP contribution in [0.4, 0.5) is 5.69 Å². The zero-order valence-corrected chi connectivity index (χ0v) is 9.08. The van der Waals surface area contributed by atoms with Crippen LogP contribution in [0.3, 0.4) is 0 Å². The highest BCUT2D eigenvalue weighted by molar-refractivity contribution is 7.80. The monoisotopic (exact) mass is 224 g/mol. The van der Waals surface area contributed by atoms with Crippen LogP contribution in [0, 0.1) is 6.92 Å². The Morgan fingerprint density at radius 2 is 2.07 bits per heavy atom. The minimum absolute atomic E-state index is 0.260. The molecule has 0 aliphatic carbocycles. The van der Waals surface area contributed by atoms with E-state index in [1.54, 1.807) is 0 Å². The van der Waals surface area contributed by atoms with Gasteiger partial charge in [-0.2, -0.15) is 8.75 Å². The summed E-state index contributed by atoms with van der Waals surface area (Å²) < 4.78 is 8.27. The highest BCUT2D eigenvalue weighted by Gasteiger charge is 2.04. The largest absolute Gasteiger partial charge is 0.376 e. The topological polar surface area (TPSA) is 63.8 Å². The third-order valence-corrected chi connectivity index (χ3v) is 2.52. The Hall–Kier alpha value is -1.27. The van der Waals surface area contributed by atoms with Gasteiger partial charge in [0.1, 0.15) is 11.0 Å². The number of hydrogen-bond donors (Lipinski definition) is 2. The quantitative estimate of drug-likeness (QED) is 0.721. The normalized spacial score (nSPS) is 10.4. The second-order valence-corrected chi connectivity index (χ2v) is 3.88. The highest BCUT2D eigenvalue weighted by atomic mass is 32.1. The van der Waals surface area contributed by atoms with Gasteiger partial charge in [-0.1, -0.05) is 0 Å². The number of aromatic nitrogens is 2. The first-order chi connectivity index (χ1) is 6.66. The Balaban J connectivity index is 2.53. The van der Waals surface area contributed by atoms with E-state index in [-0.39, 0.29) is 5.11 Å². The standard InChI is InChI=1S/C8H8N4S2/c1-4-2-6-7(12-14-11-6)3-5(4)10-8(9)13/h2-3H,1H3,(H3,9,10,13). The molecule has 1 heterocycles. The molecule has 0 bridgehead atoms. The van der Waals surface area contributed by atoms with Crippen LogP contribution in [0.25, 0.3) is 11.0 Å². The van der Waals surface area contributed by atoms with Gasteiger partial charge in [0, 0.05) is 5.69 Å². The molecule has 1 aromatic carbocycles. The maximum atomic E-state index is 5.40. The van der Waals surface area contributed by atoms with Crippen LogP contribution >= 0.6 is 23.9 Å². The number of rotatable bonds is 1. The summed E-state index contributed by atoms with van der Waals surface area (Å²) in [7, 11) is 0. The lowest BCUT2D eigenvalue weighted by atomic mass is 10.2. The van der Waals surface area contributed by atoms with Gasteiger partial charge in [0.25, 0.3) is 0 Å². The van der Waals surface area contributed by atoms with Crippen molar-refractivity contribution in [2.45, 2.75) is 6.92 Å². The molecule has 6 heteroatoms. The SMILES string of the molecule is Cc1cc2nsnc2cc1NC(N)=S. The third kappa shape index (κ3) is 1.66. The molecule has 0 saturated carbocycles. The minimum Gasteiger partial charge on any atom is -0.376 e. The fourth-order valence-electron chi connectivity index (χ4n) is 1.20. The maximum Gasteiger partial charge on any atom is 0.168 e. The van der Waals surface area contributed by atoms with Crippen molar-refractivity contribution in [3.05, 3.63) is 17.7 Å². The molecule has 0 amide bonds. The Morgan fingerprint density at radius 1 is 1.43 bits per heavy atom. The summed E-state index contributed by atoms with van der Waals surface area (Å²) >= 11 is 5.97. The number of fused-ring (bicyclic) bond motifs is 1. The molecule has 1 aromatic heterocycles. The Labute approximate surface area is 90.5 Å². The van der Waals surface area contributed by atoms with Gasteiger partial charge in [-0.25, -0.2) is 0 Å². The predicted molar refractivity (Wildman–Crippen MR) is 62.6 cm³/mol. The van der Waals surface area contributed by atoms with Crippen molar-refractivity contribution in [2.75, 3.05) is 5.32 Å². The van der Waals surface area contributed by atoms with Crippen LogP contribution in [0.5, 0.6) is 0 Å². The molecule has 72 valence electrons. The first kappa shape index (κ1) is 9.29. The van der Waals surface area contributed by atoms with E-state index in [2.05, 4.69) is 14.1 Å². The molecule has 0 radical (unpaired) electrons. The molecular weight excluding hydrogens is 216 g/mol. The van der Waals surface area contributed by atoms with Crippen LogP contribution in [-0.2, 0) is 0 Å². The van der Waals surface area contributed by atoms with E-state index in [1.165, 1.54) is 11.7 Å². The smallest absolute Gasteiger partial charge is 0.168 e. The van der Waals surface area contributed by atoms with Crippen molar-refractivity contribution < 1.29 is 0 Å². The molecular formula is C8H8N4S2. The number of nitrogens with zero attached hydrogens (tertiary/aromatic N) is 2. The molecule has 3 N–H and O–H groups in total. The summed E-state index contributed by atoms with van der Waals surface area (Å²) in [4.78, 5) is 0. The van der Waals surface area contributed by atoms with E-state index in [4.69, 9.17) is 18.0 Å². The van der Waals surface area contributed by atoms with E-state index in [0.717, 1.165) is 22.3 Å². The Kier molecular flexibility index (Phi) is 2.30. The van der Waals surface area contributed by atoms with Gasteiger partial charge < -0.3 is 11.1 Å². The zero-order chi connectivity index (χ0) is 10.1. The second-order valence-electron chi connectivity index (χ2n) is 2.91. The molecule has 0 aliphatic heterocycles. The third-order valence-electron chi connectivity index (χ3n) is 1.86. The van der Waals surface area contributed by atoms with Gasteiger partial charge in [0.05, 0.1) is 11.7 Å². The maximum absolute atomic E-state index is 5.40. The summed E-state index contributed by atoms with van der Waals surface area (Å²) in [6.07, 6.45) is 0. The number of aryl methyl sites for hydroxylation is 1. The molecule has 2 rings (SSSR count). The molecule has 2 aromatic rings. The lowest BCUT2D eigenvalue weighted by Crippen LogP contribution is -2.19. The summed E-state index contributed by atoms with van der Waals surface area (Å²) in [5.74, 6) is 0. The average Bonchev–Trinajstić information content (AvgIpc) is 2.51. The number of nitrogens with two attached hydrogens (primary N) is 1. The van der Waals surface area contributed by atoms with Crippen molar-refractivity contribution in [2.24, 2.45) is 5.73 Å². The fraction of sp³-hybridized carbons (Fsp3) is 0.125. The van der Waals surface area contributed by atoms with Gasteiger partial charge in [-0.05, 0) is 36.8 Å². The second kappa shape index (κ2) is 3.47. The molecule has 0 fully saturated rings. The van der Waals surface area contributed by atoms with Crippen LogP contribution in [-0.4, -0.2) is 13.9 Å². The molecule has 0 saturated heterocycles. The highest BCUT2D eigenvalue weighted by Crippen LogP contribution is 2.21. The first-order valence-electron chi connectivity index (χ1n) is 3.96. The molecule has 4 nitrogen and oxygen atoms in total. The van der Waals surface area contributed by atoms with Gasteiger partial charge in [0.15, 0.2) is 5.11 Å². The summed E-state index contributed by atoms with van der Waals surface area (Å²) in [5, 5.41) is 3.16. The van der Waals surface area contributed by atoms with E-state index in [1.807, 2.05) is 19.1 Å².